The molecule has 0 unspecified atom stereocenters. The van der Waals surface area contributed by atoms with E-state index in [1.165, 1.54) is 0 Å². The highest BCUT2D eigenvalue weighted by Crippen LogP contribution is 2.33. The van der Waals surface area contributed by atoms with E-state index in [1.54, 1.807) is 0 Å². The first-order valence-corrected chi connectivity index (χ1v) is 6.59. The average Bonchev–Trinajstić information content (AvgIpc) is 2.73. The van der Waals surface area contributed by atoms with Crippen LogP contribution in [0.5, 0.6) is 5.75 Å². The SMILES string of the molecule is CN(C)CCCOc1c(C(N)=S)oc2ccccc12. The quantitative estimate of drug-likeness (QED) is 0.649. The van der Waals surface area contributed by atoms with Crippen LogP contribution in [0.3, 0.4) is 0 Å². The predicted molar refractivity (Wildman–Crippen MR) is 80.8 cm³/mol. The van der Waals surface area contributed by atoms with Crippen molar-refractivity contribution < 1.29 is 9.15 Å². The average molecular weight is 278 g/mol. The van der Waals surface area contributed by atoms with Gasteiger partial charge in [-0.3, -0.25) is 0 Å². The first-order valence-electron chi connectivity index (χ1n) is 6.18. The minimum Gasteiger partial charge on any atom is -0.489 e. The van der Waals surface area contributed by atoms with E-state index in [1.807, 2.05) is 38.4 Å². The molecule has 0 saturated carbocycles. The molecular weight excluding hydrogens is 260 g/mol. The van der Waals surface area contributed by atoms with Gasteiger partial charge in [-0.05, 0) is 32.6 Å². The molecule has 0 fully saturated rings. The number of furan rings is 1. The van der Waals surface area contributed by atoms with E-state index in [4.69, 9.17) is 27.1 Å². The van der Waals surface area contributed by atoms with Gasteiger partial charge in [0.05, 0.1) is 12.0 Å². The fourth-order valence-electron chi connectivity index (χ4n) is 1.88. The van der Waals surface area contributed by atoms with Gasteiger partial charge in [0, 0.05) is 6.54 Å². The standard InChI is InChI=1S/C14H18N2O2S/c1-16(2)8-5-9-17-12-10-6-3-4-7-11(10)18-13(12)14(15)19/h3-4,6-7H,5,8-9H2,1-2H3,(H2,15,19). The topological polar surface area (TPSA) is 51.6 Å². The number of para-hydroxylation sites is 1. The molecule has 0 bridgehead atoms. The molecule has 2 N–H and O–H groups in total. The van der Waals surface area contributed by atoms with Gasteiger partial charge >= 0.3 is 0 Å². The normalized spacial score (nSPS) is 11.1. The van der Waals surface area contributed by atoms with Gasteiger partial charge in [0.25, 0.3) is 0 Å². The molecule has 4 nitrogen and oxygen atoms in total. The van der Waals surface area contributed by atoms with Crippen molar-refractivity contribution in [3.8, 4) is 5.75 Å². The first-order chi connectivity index (χ1) is 9.09. The number of nitrogens with two attached hydrogens (primary N) is 1. The molecule has 1 heterocycles. The lowest BCUT2D eigenvalue weighted by atomic mass is 10.2. The van der Waals surface area contributed by atoms with E-state index in [-0.39, 0.29) is 4.99 Å². The highest BCUT2D eigenvalue weighted by atomic mass is 32.1. The number of thiocarbonyl (C=S) groups is 1. The molecule has 0 amide bonds. The van der Waals surface area contributed by atoms with E-state index in [0.717, 1.165) is 23.9 Å². The Balaban J connectivity index is 2.19. The minimum absolute atomic E-state index is 0.221. The summed E-state index contributed by atoms with van der Waals surface area (Å²) in [5, 5.41) is 0.912. The van der Waals surface area contributed by atoms with Crippen molar-refractivity contribution in [3.05, 3.63) is 30.0 Å². The van der Waals surface area contributed by atoms with Crippen LogP contribution in [0.4, 0.5) is 0 Å². The summed E-state index contributed by atoms with van der Waals surface area (Å²) >= 11 is 5.01. The lowest BCUT2D eigenvalue weighted by Gasteiger charge is -2.10. The van der Waals surface area contributed by atoms with Gasteiger partial charge < -0.3 is 19.8 Å². The zero-order valence-corrected chi connectivity index (χ0v) is 12.0. The van der Waals surface area contributed by atoms with Crippen molar-refractivity contribution in [1.29, 1.82) is 0 Å². The number of ether oxygens (including phenoxy) is 1. The monoisotopic (exact) mass is 278 g/mol. The molecule has 0 spiro atoms. The Bertz CT molecular complexity index is 578. The third-order valence-electron chi connectivity index (χ3n) is 2.77. The number of nitrogens with zero attached hydrogens (tertiary/aromatic N) is 1. The second kappa shape index (κ2) is 6.04. The third kappa shape index (κ3) is 3.24. The summed E-state index contributed by atoms with van der Waals surface area (Å²) in [7, 11) is 4.07. The van der Waals surface area contributed by atoms with Crippen LogP contribution in [-0.2, 0) is 0 Å². The molecule has 0 aliphatic carbocycles. The van der Waals surface area contributed by atoms with Crippen LogP contribution in [0.25, 0.3) is 11.0 Å². The summed E-state index contributed by atoms with van der Waals surface area (Å²) in [5.41, 5.74) is 6.42. The predicted octanol–water partition coefficient (Wildman–Crippen LogP) is 2.40. The number of hydrogen-bond donors (Lipinski definition) is 1. The Labute approximate surface area is 118 Å². The minimum atomic E-state index is 0.221. The molecule has 2 aromatic rings. The van der Waals surface area contributed by atoms with Crippen molar-refractivity contribution >= 4 is 28.2 Å². The van der Waals surface area contributed by atoms with E-state index in [0.29, 0.717) is 18.1 Å². The number of benzene rings is 1. The van der Waals surface area contributed by atoms with Crippen molar-refractivity contribution in [3.63, 3.8) is 0 Å². The van der Waals surface area contributed by atoms with Crippen LogP contribution in [0.1, 0.15) is 12.2 Å². The largest absolute Gasteiger partial charge is 0.489 e. The van der Waals surface area contributed by atoms with E-state index in [2.05, 4.69) is 4.90 Å². The molecule has 2 rings (SSSR count). The fraction of sp³-hybridized carbons (Fsp3) is 0.357. The maximum atomic E-state index is 5.81. The Hall–Kier alpha value is -1.59. The molecular formula is C14H18N2O2S. The molecule has 0 aliphatic heterocycles. The Morgan fingerprint density at radius 2 is 2.11 bits per heavy atom. The Kier molecular flexibility index (Phi) is 4.39. The summed E-state index contributed by atoms with van der Waals surface area (Å²) in [6, 6.07) is 7.67. The van der Waals surface area contributed by atoms with Gasteiger partial charge in [-0.2, -0.15) is 0 Å². The smallest absolute Gasteiger partial charge is 0.204 e. The maximum absolute atomic E-state index is 5.81. The van der Waals surface area contributed by atoms with Gasteiger partial charge in [-0.15, -0.1) is 0 Å². The number of fused-ring (bicyclic) bond motifs is 1. The summed E-state index contributed by atoms with van der Waals surface area (Å²) < 4.78 is 11.5. The van der Waals surface area contributed by atoms with Crippen LogP contribution in [-0.4, -0.2) is 37.1 Å². The number of rotatable bonds is 6. The van der Waals surface area contributed by atoms with Crippen LogP contribution in [0.2, 0.25) is 0 Å². The second-order valence-corrected chi connectivity index (χ2v) is 5.07. The molecule has 19 heavy (non-hydrogen) atoms. The summed E-state index contributed by atoms with van der Waals surface area (Å²) in [5.74, 6) is 1.11. The van der Waals surface area contributed by atoms with E-state index in [9.17, 15) is 0 Å². The van der Waals surface area contributed by atoms with Crippen molar-refractivity contribution in [2.75, 3.05) is 27.2 Å². The Morgan fingerprint density at radius 1 is 1.37 bits per heavy atom. The highest BCUT2D eigenvalue weighted by molar-refractivity contribution is 7.80. The second-order valence-electron chi connectivity index (χ2n) is 4.63. The fourth-order valence-corrected chi connectivity index (χ4v) is 2.02. The van der Waals surface area contributed by atoms with Crippen molar-refractivity contribution in [1.82, 2.24) is 4.90 Å². The van der Waals surface area contributed by atoms with E-state index >= 15 is 0 Å². The zero-order chi connectivity index (χ0) is 13.8. The summed E-state index contributed by atoms with van der Waals surface area (Å²) in [6.07, 6.45) is 0.934. The molecule has 0 radical (unpaired) electrons. The highest BCUT2D eigenvalue weighted by Gasteiger charge is 2.17. The Morgan fingerprint density at radius 3 is 2.79 bits per heavy atom. The van der Waals surface area contributed by atoms with Gasteiger partial charge in [0.2, 0.25) is 5.76 Å². The molecule has 0 saturated heterocycles. The molecule has 5 heteroatoms. The van der Waals surface area contributed by atoms with Crippen molar-refractivity contribution in [2.24, 2.45) is 5.73 Å². The van der Waals surface area contributed by atoms with Gasteiger partial charge in [0.1, 0.15) is 10.6 Å². The van der Waals surface area contributed by atoms with Crippen LogP contribution >= 0.6 is 12.2 Å². The molecule has 1 aromatic heterocycles. The summed E-state index contributed by atoms with van der Waals surface area (Å²) in [6.45, 7) is 1.58. The van der Waals surface area contributed by atoms with Crippen LogP contribution in [0, 0.1) is 0 Å². The van der Waals surface area contributed by atoms with Gasteiger partial charge in [-0.25, -0.2) is 0 Å². The molecule has 102 valence electrons. The maximum Gasteiger partial charge on any atom is 0.204 e. The first kappa shape index (κ1) is 13.8. The molecule has 1 aromatic carbocycles. The van der Waals surface area contributed by atoms with Crippen LogP contribution in [0.15, 0.2) is 28.7 Å². The third-order valence-corrected chi connectivity index (χ3v) is 2.96. The summed E-state index contributed by atoms with van der Waals surface area (Å²) in [4.78, 5) is 2.34. The zero-order valence-electron chi connectivity index (χ0n) is 11.2. The van der Waals surface area contributed by atoms with Gasteiger partial charge in [0.15, 0.2) is 5.75 Å². The number of hydrogen-bond acceptors (Lipinski definition) is 4. The molecule has 0 atom stereocenters. The lowest BCUT2D eigenvalue weighted by Crippen LogP contribution is -2.16. The van der Waals surface area contributed by atoms with Crippen molar-refractivity contribution in [2.45, 2.75) is 6.42 Å². The lowest BCUT2D eigenvalue weighted by molar-refractivity contribution is 0.280. The van der Waals surface area contributed by atoms with E-state index < -0.39 is 0 Å². The van der Waals surface area contributed by atoms with Gasteiger partial charge in [-0.1, -0.05) is 24.4 Å². The van der Waals surface area contributed by atoms with Crippen LogP contribution < -0.4 is 10.5 Å². The molecule has 0 aliphatic rings.